The fourth-order valence-corrected chi connectivity index (χ4v) is 2.40. The summed E-state index contributed by atoms with van der Waals surface area (Å²) in [5.41, 5.74) is 0.934. The van der Waals surface area contributed by atoms with Crippen LogP contribution in [0.3, 0.4) is 0 Å². The first-order chi connectivity index (χ1) is 11.1. The molecule has 0 atom stereocenters. The number of amides is 1. The van der Waals surface area contributed by atoms with E-state index in [0.717, 1.165) is 18.5 Å². The topological polar surface area (TPSA) is 59.2 Å². The van der Waals surface area contributed by atoms with Crippen molar-refractivity contribution in [3.63, 3.8) is 0 Å². The Morgan fingerprint density at radius 3 is 2.61 bits per heavy atom. The van der Waals surface area contributed by atoms with Crippen LogP contribution in [-0.4, -0.2) is 34.0 Å². The molecule has 23 heavy (non-hydrogen) atoms. The van der Waals surface area contributed by atoms with Crippen molar-refractivity contribution in [3.05, 3.63) is 36.2 Å². The van der Waals surface area contributed by atoms with Gasteiger partial charge in [0.15, 0.2) is 0 Å². The summed E-state index contributed by atoms with van der Waals surface area (Å²) in [5, 5.41) is 4.01. The van der Waals surface area contributed by atoms with Crippen molar-refractivity contribution in [1.82, 2.24) is 15.0 Å². The van der Waals surface area contributed by atoms with Gasteiger partial charge in [0.1, 0.15) is 0 Å². The Morgan fingerprint density at radius 2 is 1.96 bits per heavy atom. The quantitative estimate of drug-likeness (QED) is 0.747. The van der Waals surface area contributed by atoms with E-state index in [4.69, 9.17) is 4.52 Å². The molecule has 1 heterocycles. The highest BCUT2D eigenvalue weighted by Crippen LogP contribution is 2.15. The summed E-state index contributed by atoms with van der Waals surface area (Å²) in [6, 6.07) is 9.74. The highest BCUT2D eigenvalue weighted by molar-refractivity contribution is 5.76. The summed E-state index contributed by atoms with van der Waals surface area (Å²) in [5.74, 6) is 1.73. The lowest BCUT2D eigenvalue weighted by molar-refractivity contribution is -0.132. The van der Waals surface area contributed by atoms with Crippen molar-refractivity contribution in [2.24, 2.45) is 5.92 Å². The second-order valence-electron chi connectivity index (χ2n) is 6.11. The van der Waals surface area contributed by atoms with Crippen LogP contribution < -0.4 is 0 Å². The Kier molecular flexibility index (Phi) is 6.32. The number of carbonyl (C=O) groups is 1. The van der Waals surface area contributed by atoms with Gasteiger partial charge in [-0.15, -0.1) is 0 Å². The molecule has 0 aliphatic carbocycles. The van der Waals surface area contributed by atoms with Crippen LogP contribution >= 0.6 is 0 Å². The lowest BCUT2D eigenvalue weighted by Gasteiger charge is -2.22. The van der Waals surface area contributed by atoms with Crippen LogP contribution in [0.4, 0.5) is 0 Å². The summed E-state index contributed by atoms with van der Waals surface area (Å²) in [7, 11) is 0. The van der Waals surface area contributed by atoms with Gasteiger partial charge in [0.2, 0.25) is 17.6 Å². The Labute approximate surface area is 137 Å². The van der Waals surface area contributed by atoms with Gasteiger partial charge in [0.25, 0.3) is 0 Å². The summed E-state index contributed by atoms with van der Waals surface area (Å²) < 4.78 is 5.31. The molecule has 0 N–H and O–H groups in total. The molecule has 5 nitrogen and oxygen atoms in total. The van der Waals surface area contributed by atoms with E-state index in [1.165, 1.54) is 0 Å². The van der Waals surface area contributed by atoms with Gasteiger partial charge in [0.05, 0.1) is 0 Å². The molecule has 1 amide bonds. The first kappa shape index (κ1) is 17.2. The molecule has 0 aliphatic rings. The summed E-state index contributed by atoms with van der Waals surface area (Å²) in [4.78, 5) is 18.6. The SMILES string of the molecule is CCCN(CCc1nc(-c2ccccc2)no1)C(=O)CC(C)C. The number of aromatic nitrogens is 2. The Hall–Kier alpha value is -2.17. The van der Waals surface area contributed by atoms with Gasteiger partial charge in [-0.25, -0.2) is 0 Å². The number of carbonyl (C=O) groups excluding carboxylic acids is 1. The smallest absolute Gasteiger partial charge is 0.228 e. The van der Waals surface area contributed by atoms with E-state index in [0.29, 0.717) is 37.0 Å². The monoisotopic (exact) mass is 315 g/mol. The van der Waals surface area contributed by atoms with Crippen LogP contribution in [0.25, 0.3) is 11.4 Å². The minimum absolute atomic E-state index is 0.199. The molecule has 0 spiro atoms. The lowest BCUT2D eigenvalue weighted by atomic mass is 10.1. The van der Waals surface area contributed by atoms with E-state index in [-0.39, 0.29) is 5.91 Å². The third-order valence-corrected chi connectivity index (χ3v) is 3.52. The number of benzene rings is 1. The summed E-state index contributed by atoms with van der Waals surface area (Å²) in [6.07, 6.45) is 2.12. The summed E-state index contributed by atoms with van der Waals surface area (Å²) in [6.45, 7) is 7.59. The highest BCUT2D eigenvalue weighted by atomic mass is 16.5. The Morgan fingerprint density at radius 1 is 1.22 bits per heavy atom. The maximum atomic E-state index is 12.3. The van der Waals surface area contributed by atoms with Gasteiger partial charge in [-0.3, -0.25) is 4.79 Å². The van der Waals surface area contributed by atoms with Gasteiger partial charge < -0.3 is 9.42 Å². The van der Waals surface area contributed by atoms with Crippen LogP contribution in [0.5, 0.6) is 0 Å². The number of nitrogens with zero attached hydrogens (tertiary/aromatic N) is 3. The highest BCUT2D eigenvalue weighted by Gasteiger charge is 2.16. The minimum atomic E-state index is 0.199. The van der Waals surface area contributed by atoms with E-state index in [1.54, 1.807) is 0 Å². The molecule has 5 heteroatoms. The molecule has 0 unspecified atom stereocenters. The standard InChI is InChI=1S/C18H25N3O2/c1-4-11-21(17(22)13-14(2)3)12-10-16-19-18(20-23-16)15-8-6-5-7-9-15/h5-9,14H,4,10-13H2,1-3H3. The van der Waals surface area contributed by atoms with Crippen LogP contribution in [-0.2, 0) is 11.2 Å². The molecule has 2 aromatic rings. The molecule has 2 rings (SSSR count). The minimum Gasteiger partial charge on any atom is -0.342 e. The zero-order chi connectivity index (χ0) is 16.7. The largest absolute Gasteiger partial charge is 0.342 e. The first-order valence-corrected chi connectivity index (χ1v) is 8.26. The third-order valence-electron chi connectivity index (χ3n) is 3.52. The van der Waals surface area contributed by atoms with E-state index >= 15 is 0 Å². The molecule has 0 aliphatic heterocycles. The molecule has 0 saturated heterocycles. The molecule has 0 bridgehead atoms. The Balaban J connectivity index is 1.96. The van der Waals surface area contributed by atoms with Crippen LogP contribution in [0.15, 0.2) is 34.9 Å². The van der Waals surface area contributed by atoms with Gasteiger partial charge >= 0.3 is 0 Å². The molecule has 124 valence electrons. The zero-order valence-electron chi connectivity index (χ0n) is 14.2. The second-order valence-corrected chi connectivity index (χ2v) is 6.11. The molecule has 0 fully saturated rings. The maximum Gasteiger partial charge on any atom is 0.228 e. The molecular weight excluding hydrogens is 290 g/mol. The fourth-order valence-electron chi connectivity index (χ4n) is 2.40. The van der Waals surface area contributed by atoms with Gasteiger partial charge in [-0.2, -0.15) is 4.98 Å². The average Bonchev–Trinajstić information content (AvgIpc) is 3.00. The maximum absolute atomic E-state index is 12.3. The number of rotatable bonds is 8. The van der Waals surface area contributed by atoms with Crippen molar-refractivity contribution >= 4 is 5.91 Å². The molecular formula is C18H25N3O2. The van der Waals surface area contributed by atoms with E-state index in [9.17, 15) is 4.79 Å². The lowest BCUT2D eigenvalue weighted by Crippen LogP contribution is -2.34. The van der Waals surface area contributed by atoms with Crippen molar-refractivity contribution in [2.75, 3.05) is 13.1 Å². The van der Waals surface area contributed by atoms with E-state index < -0.39 is 0 Å². The molecule has 0 saturated carbocycles. The molecule has 0 radical (unpaired) electrons. The van der Waals surface area contributed by atoms with E-state index in [1.807, 2.05) is 35.2 Å². The van der Waals surface area contributed by atoms with Gasteiger partial charge in [-0.05, 0) is 12.3 Å². The predicted octanol–water partition coefficient (Wildman–Crippen LogP) is 3.56. The van der Waals surface area contributed by atoms with Crippen molar-refractivity contribution < 1.29 is 9.32 Å². The molecule has 1 aromatic heterocycles. The number of hydrogen-bond acceptors (Lipinski definition) is 4. The third kappa shape index (κ3) is 5.20. The second kappa shape index (κ2) is 8.46. The van der Waals surface area contributed by atoms with Crippen molar-refractivity contribution in [2.45, 2.75) is 40.0 Å². The van der Waals surface area contributed by atoms with Crippen molar-refractivity contribution in [1.29, 1.82) is 0 Å². The predicted molar refractivity (Wildman–Crippen MR) is 89.8 cm³/mol. The number of hydrogen-bond donors (Lipinski definition) is 0. The fraction of sp³-hybridized carbons (Fsp3) is 0.500. The van der Waals surface area contributed by atoms with E-state index in [2.05, 4.69) is 30.9 Å². The Bertz CT molecular complexity index is 608. The average molecular weight is 315 g/mol. The van der Waals surface area contributed by atoms with Gasteiger partial charge in [-0.1, -0.05) is 56.3 Å². The molecule has 1 aromatic carbocycles. The van der Waals surface area contributed by atoms with Crippen LogP contribution in [0.2, 0.25) is 0 Å². The van der Waals surface area contributed by atoms with Crippen LogP contribution in [0.1, 0.15) is 39.5 Å². The van der Waals surface area contributed by atoms with Gasteiger partial charge in [0, 0.05) is 31.5 Å². The normalized spacial score (nSPS) is 11.0. The first-order valence-electron chi connectivity index (χ1n) is 8.26. The summed E-state index contributed by atoms with van der Waals surface area (Å²) >= 11 is 0. The van der Waals surface area contributed by atoms with Crippen molar-refractivity contribution in [3.8, 4) is 11.4 Å². The zero-order valence-corrected chi connectivity index (χ0v) is 14.2. The van der Waals surface area contributed by atoms with Crippen LogP contribution in [0, 0.1) is 5.92 Å².